The van der Waals surface area contributed by atoms with Gasteiger partial charge >= 0.3 is 0 Å². The van der Waals surface area contributed by atoms with E-state index in [1.807, 2.05) is 10.9 Å². The monoisotopic (exact) mass is 528 g/mol. The largest absolute Gasteiger partial charge is 0.269 e. The Bertz CT molecular complexity index is 1650. The first-order chi connectivity index (χ1) is 17.2. The molecule has 8 nitrogen and oxygen atoms in total. The molecule has 11 heteroatoms. The molecule has 1 saturated heterocycles. The van der Waals surface area contributed by atoms with E-state index in [0.717, 1.165) is 16.8 Å². The summed E-state index contributed by atoms with van der Waals surface area (Å²) in [5.74, 6) is -0.528. The summed E-state index contributed by atoms with van der Waals surface area (Å²) in [5.41, 5.74) is 1.59. The van der Waals surface area contributed by atoms with E-state index in [0.29, 0.717) is 42.4 Å². The first kappa shape index (κ1) is 23.4. The molecule has 0 atom stereocenters. The molecule has 0 radical (unpaired) electrons. The smallest absolute Gasteiger partial charge is 0.268 e. The molecule has 3 heterocycles. The van der Waals surface area contributed by atoms with E-state index < -0.39 is 25.9 Å². The molecular weight excluding hydrogens is 503 g/mol. The molecule has 0 amide bonds. The van der Waals surface area contributed by atoms with Gasteiger partial charge in [0.25, 0.3) is 10.0 Å². The van der Waals surface area contributed by atoms with E-state index >= 15 is 0 Å². The Kier molecular flexibility index (Phi) is 5.54. The molecule has 2 aliphatic rings. The van der Waals surface area contributed by atoms with Crippen molar-refractivity contribution in [3.63, 3.8) is 0 Å². The van der Waals surface area contributed by atoms with Gasteiger partial charge in [-0.2, -0.15) is 5.10 Å². The summed E-state index contributed by atoms with van der Waals surface area (Å²) in [6, 6.07) is 12.2. The Morgan fingerprint density at radius 2 is 1.61 bits per heavy atom. The van der Waals surface area contributed by atoms with Crippen LogP contribution in [0.15, 0.2) is 72.0 Å². The third-order valence-corrected chi connectivity index (χ3v) is 11.1. The molecule has 4 aromatic rings. The molecule has 0 bridgehead atoms. The second-order valence-electron chi connectivity index (χ2n) is 9.40. The van der Waals surface area contributed by atoms with E-state index in [9.17, 15) is 21.2 Å². The number of sulfonamides is 1. The molecule has 2 aromatic heterocycles. The van der Waals surface area contributed by atoms with Crippen LogP contribution in [0.4, 0.5) is 4.39 Å². The predicted octanol–water partition coefficient (Wildman–Crippen LogP) is 4.01. The zero-order valence-corrected chi connectivity index (χ0v) is 21.0. The molecule has 188 valence electrons. The molecule has 0 unspecified atom stereocenters. The van der Waals surface area contributed by atoms with Crippen molar-refractivity contribution in [1.29, 1.82) is 0 Å². The van der Waals surface area contributed by atoms with Gasteiger partial charge in [0.2, 0.25) is 10.0 Å². The number of hydrogen-bond donors (Lipinski definition) is 0. The maximum atomic E-state index is 14.2. The highest BCUT2D eigenvalue weighted by atomic mass is 32.2. The van der Waals surface area contributed by atoms with E-state index in [1.54, 1.807) is 34.8 Å². The van der Waals surface area contributed by atoms with Gasteiger partial charge in [-0.05, 0) is 56.0 Å². The Labute approximate surface area is 209 Å². The maximum absolute atomic E-state index is 14.2. The molecule has 0 spiro atoms. The molecule has 6 rings (SSSR count). The molecule has 2 fully saturated rings. The highest BCUT2D eigenvalue weighted by molar-refractivity contribution is 7.90. The van der Waals surface area contributed by atoms with Gasteiger partial charge in [0.15, 0.2) is 0 Å². The summed E-state index contributed by atoms with van der Waals surface area (Å²) in [4.78, 5) is 0.112. The van der Waals surface area contributed by atoms with Crippen LogP contribution in [0.25, 0.3) is 22.0 Å². The quantitative estimate of drug-likeness (QED) is 0.377. The normalized spacial score (nSPS) is 18.1. The van der Waals surface area contributed by atoms with Gasteiger partial charge in [0.05, 0.1) is 27.9 Å². The lowest BCUT2D eigenvalue weighted by Crippen LogP contribution is -2.40. The van der Waals surface area contributed by atoms with Crippen LogP contribution in [0.3, 0.4) is 0 Å². The first-order valence-electron chi connectivity index (χ1n) is 11.9. The average Bonchev–Trinajstić information content (AvgIpc) is 3.52. The predicted molar refractivity (Wildman–Crippen MR) is 134 cm³/mol. The summed E-state index contributed by atoms with van der Waals surface area (Å²) < 4.78 is 70.6. The second kappa shape index (κ2) is 8.53. The molecule has 0 N–H and O–H groups in total. The van der Waals surface area contributed by atoms with Crippen LogP contribution in [0.5, 0.6) is 0 Å². The molecule has 36 heavy (non-hydrogen) atoms. The highest BCUT2D eigenvalue weighted by Crippen LogP contribution is 2.36. The number of benzene rings is 2. The van der Waals surface area contributed by atoms with Gasteiger partial charge in [0.1, 0.15) is 5.82 Å². The lowest BCUT2D eigenvalue weighted by Gasteiger charge is -2.31. The Balaban J connectivity index is 1.33. The van der Waals surface area contributed by atoms with Crippen molar-refractivity contribution >= 4 is 30.9 Å². The maximum Gasteiger partial charge on any atom is 0.268 e. The van der Waals surface area contributed by atoms with Crippen molar-refractivity contribution in [3.8, 4) is 11.1 Å². The third kappa shape index (κ3) is 3.95. The zero-order valence-electron chi connectivity index (χ0n) is 19.4. The van der Waals surface area contributed by atoms with Crippen LogP contribution in [-0.4, -0.2) is 53.2 Å². The van der Waals surface area contributed by atoms with Crippen molar-refractivity contribution in [1.82, 2.24) is 18.1 Å². The van der Waals surface area contributed by atoms with E-state index in [-0.39, 0.29) is 21.7 Å². The second-order valence-corrected chi connectivity index (χ2v) is 13.4. The lowest BCUT2D eigenvalue weighted by atomic mass is 10.1. The molecule has 1 aliphatic heterocycles. The fraction of sp³-hybridized carbons (Fsp3) is 0.320. The third-order valence-electron chi connectivity index (χ3n) is 7.05. The first-order valence-corrected chi connectivity index (χ1v) is 14.8. The van der Waals surface area contributed by atoms with Crippen LogP contribution in [0.1, 0.15) is 31.7 Å². The van der Waals surface area contributed by atoms with E-state index in [1.165, 1.54) is 30.5 Å². The van der Waals surface area contributed by atoms with Crippen LogP contribution in [0.2, 0.25) is 0 Å². The van der Waals surface area contributed by atoms with Gasteiger partial charge in [-0.25, -0.2) is 29.5 Å². The van der Waals surface area contributed by atoms with Gasteiger partial charge in [0, 0.05) is 42.0 Å². The summed E-state index contributed by atoms with van der Waals surface area (Å²) in [6.45, 7) is 0.930. The van der Waals surface area contributed by atoms with Crippen LogP contribution in [0, 0.1) is 5.82 Å². The van der Waals surface area contributed by atoms with Crippen molar-refractivity contribution in [2.45, 2.75) is 41.9 Å². The van der Waals surface area contributed by atoms with Gasteiger partial charge in [-0.15, -0.1) is 0 Å². The fourth-order valence-corrected chi connectivity index (χ4v) is 8.18. The molecule has 1 aliphatic carbocycles. The minimum Gasteiger partial charge on any atom is -0.269 e. The number of aromatic nitrogens is 3. The number of hydrogen-bond acceptors (Lipinski definition) is 5. The number of piperidine rings is 1. The van der Waals surface area contributed by atoms with Crippen LogP contribution in [-0.2, 0) is 20.0 Å². The number of nitrogens with zero attached hydrogens (tertiary/aromatic N) is 4. The number of fused-ring (bicyclic) bond motifs is 1. The zero-order chi connectivity index (χ0) is 25.1. The Morgan fingerprint density at radius 3 is 2.31 bits per heavy atom. The van der Waals surface area contributed by atoms with Gasteiger partial charge in [-0.3, -0.25) is 4.68 Å². The Hall–Kier alpha value is -3.02. The average molecular weight is 529 g/mol. The van der Waals surface area contributed by atoms with Crippen molar-refractivity contribution in [3.05, 3.63) is 72.9 Å². The summed E-state index contributed by atoms with van der Waals surface area (Å²) in [6.07, 6.45) is 7.85. The SMILES string of the molecule is O=S(=O)(C1CC1)N1CCC(n2cc(-c3cn(S(=O)(=O)c4ccccc4)c4cc(F)ccc34)cn2)CC1. The van der Waals surface area contributed by atoms with Crippen LogP contribution < -0.4 is 0 Å². The van der Waals surface area contributed by atoms with E-state index in [4.69, 9.17) is 0 Å². The summed E-state index contributed by atoms with van der Waals surface area (Å²) >= 11 is 0. The minimum atomic E-state index is -3.94. The molecule has 2 aromatic carbocycles. The van der Waals surface area contributed by atoms with E-state index in [2.05, 4.69) is 5.10 Å². The topological polar surface area (TPSA) is 94.3 Å². The fourth-order valence-electron chi connectivity index (χ4n) is 4.92. The number of halogens is 1. The number of rotatable bonds is 6. The van der Waals surface area contributed by atoms with Crippen molar-refractivity contribution in [2.24, 2.45) is 0 Å². The Morgan fingerprint density at radius 1 is 0.889 bits per heavy atom. The molecule has 1 saturated carbocycles. The molecular formula is C25H25FN4O4S2. The van der Waals surface area contributed by atoms with Gasteiger partial charge in [-0.1, -0.05) is 18.2 Å². The highest BCUT2D eigenvalue weighted by Gasteiger charge is 2.41. The minimum absolute atomic E-state index is 0.0447. The standard InChI is InChI=1S/C25H25FN4O4S2/c26-19-6-9-23-24(17-30(25(23)14-19)36(33,34)21-4-2-1-3-5-21)18-15-27-29(16-18)20-10-12-28(13-11-20)35(31,32)22-7-8-22/h1-6,9,14-17,20,22H,7-8,10-13H2. The lowest BCUT2D eigenvalue weighted by molar-refractivity contribution is 0.261. The van der Waals surface area contributed by atoms with Crippen molar-refractivity contribution < 1.29 is 21.2 Å². The summed E-state index contributed by atoms with van der Waals surface area (Å²) in [7, 11) is -7.13. The van der Waals surface area contributed by atoms with Gasteiger partial charge < -0.3 is 0 Å². The van der Waals surface area contributed by atoms with Crippen molar-refractivity contribution in [2.75, 3.05) is 13.1 Å². The summed E-state index contributed by atoms with van der Waals surface area (Å²) in [5, 5.41) is 4.91. The van der Waals surface area contributed by atoms with Crippen LogP contribution >= 0.6 is 0 Å².